The minimum atomic E-state index is -0.345. The Morgan fingerprint density at radius 1 is 1.26 bits per heavy atom. The molecule has 0 saturated carbocycles. The Kier molecular flexibility index (Phi) is 7.74. The first-order chi connectivity index (χ1) is 16.9. The summed E-state index contributed by atoms with van der Waals surface area (Å²) in [5.41, 5.74) is 15.4. The second kappa shape index (κ2) is 10.9. The van der Waals surface area contributed by atoms with Crippen LogP contribution in [0.2, 0.25) is 0 Å². The molecule has 1 aliphatic rings. The number of benzene rings is 1. The summed E-state index contributed by atoms with van der Waals surface area (Å²) in [6.07, 6.45) is 1.76. The zero-order valence-electron chi connectivity index (χ0n) is 20.5. The molecule has 1 saturated heterocycles. The molecule has 3 aromatic rings. The normalized spacial score (nSPS) is 15.3. The van der Waals surface area contributed by atoms with Crippen LogP contribution in [0.4, 0.5) is 11.5 Å². The number of nitrogens with two attached hydrogens (primary N) is 2. The summed E-state index contributed by atoms with van der Waals surface area (Å²) in [6.45, 7) is 6.20. The number of aryl methyl sites for hydroxylation is 1. The quantitative estimate of drug-likeness (QED) is 0.322. The van der Waals surface area contributed by atoms with E-state index in [1.807, 2.05) is 7.05 Å². The lowest BCUT2D eigenvalue weighted by molar-refractivity contribution is 0.299. The van der Waals surface area contributed by atoms with Gasteiger partial charge in [-0.2, -0.15) is 5.10 Å². The number of hydrogen-bond acceptors (Lipinski definition) is 9. The van der Waals surface area contributed by atoms with E-state index in [4.69, 9.17) is 11.5 Å². The van der Waals surface area contributed by atoms with Gasteiger partial charge in [-0.25, -0.2) is 4.68 Å². The first-order valence-corrected chi connectivity index (χ1v) is 12.6. The van der Waals surface area contributed by atoms with E-state index in [2.05, 4.69) is 69.3 Å². The highest BCUT2D eigenvalue weighted by Crippen LogP contribution is 2.35. The average molecular weight is 495 g/mol. The zero-order valence-corrected chi connectivity index (χ0v) is 21.3. The van der Waals surface area contributed by atoms with Crippen LogP contribution in [0.1, 0.15) is 29.0 Å². The maximum Gasteiger partial charge on any atom is 0.290 e. The third-order valence-corrected chi connectivity index (χ3v) is 7.45. The van der Waals surface area contributed by atoms with E-state index >= 15 is 0 Å². The molecule has 3 heterocycles. The van der Waals surface area contributed by atoms with Gasteiger partial charge in [-0.3, -0.25) is 4.79 Å². The summed E-state index contributed by atoms with van der Waals surface area (Å²) in [5, 5.41) is 14.5. The van der Waals surface area contributed by atoms with Crippen LogP contribution >= 0.6 is 11.3 Å². The van der Waals surface area contributed by atoms with Gasteiger partial charge in [-0.05, 0) is 43.3 Å². The molecule has 10 heteroatoms. The molecule has 186 valence electrons. The second-order valence-electron chi connectivity index (χ2n) is 8.67. The van der Waals surface area contributed by atoms with Crippen LogP contribution in [0.15, 0.2) is 47.0 Å². The molecule has 1 atom stereocenters. The van der Waals surface area contributed by atoms with Crippen molar-refractivity contribution in [3.8, 4) is 10.4 Å². The molecule has 4 rings (SSSR count). The Bertz CT molecular complexity index is 1260. The van der Waals surface area contributed by atoms with E-state index in [-0.39, 0.29) is 17.3 Å². The van der Waals surface area contributed by atoms with Crippen LogP contribution in [-0.2, 0) is 13.6 Å². The predicted octanol–water partition coefficient (Wildman–Crippen LogP) is 2.15. The van der Waals surface area contributed by atoms with E-state index in [1.54, 1.807) is 24.5 Å². The third kappa shape index (κ3) is 5.50. The zero-order chi connectivity index (χ0) is 24.9. The molecule has 9 nitrogen and oxygen atoms in total. The number of anilines is 2. The van der Waals surface area contributed by atoms with Crippen molar-refractivity contribution < 1.29 is 0 Å². The summed E-state index contributed by atoms with van der Waals surface area (Å²) in [6, 6.07) is 12.6. The number of nitrogens with one attached hydrogen (secondary N) is 3. The molecular weight excluding hydrogens is 460 g/mol. The van der Waals surface area contributed by atoms with Gasteiger partial charge in [0.1, 0.15) is 5.69 Å². The topological polar surface area (TPSA) is 126 Å². The molecule has 1 aliphatic heterocycles. The molecule has 0 bridgehead atoms. The SMILES string of the molecule is CNCc1ccccc1-c1ccc([C@@H](C)Nc2nn(C)c(=O)c(N)c2/C=C(\N)N2CCNCC2)s1. The van der Waals surface area contributed by atoms with Gasteiger partial charge in [0.15, 0.2) is 5.82 Å². The highest BCUT2D eigenvalue weighted by Gasteiger charge is 2.19. The van der Waals surface area contributed by atoms with Gasteiger partial charge in [-0.15, -0.1) is 11.3 Å². The van der Waals surface area contributed by atoms with Crippen molar-refractivity contribution in [3.05, 3.63) is 68.6 Å². The van der Waals surface area contributed by atoms with Crippen LogP contribution in [0.3, 0.4) is 0 Å². The summed E-state index contributed by atoms with van der Waals surface area (Å²) in [5.74, 6) is 1.10. The molecule has 1 fully saturated rings. The number of thiophene rings is 1. The second-order valence-corrected chi connectivity index (χ2v) is 9.78. The highest BCUT2D eigenvalue weighted by atomic mass is 32.1. The van der Waals surface area contributed by atoms with E-state index in [1.165, 1.54) is 20.7 Å². The minimum absolute atomic E-state index is 0.0535. The summed E-state index contributed by atoms with van der Waals surface area (Å²) in [4.78, 5) is 17.0. The number of hydrogen-bond donors (Lipinski definition) is 5. The molecule has 0 radical (unpaired) electrons. The fourth-order valence-electron chi connectivity index (χ4n) is 4.19. The molecular formula is C25H34N8OS. The lowest BCUT2D eigenvalue weighted by Crippen LogP contribution is -2.44. The highest BCUT2D eigenvalue weighted by molar-refractivity contribution is 7.15. The van der Waals surface area contributed by atoms with Crippen molar-refractivity contribution in [2.75, 3.05) is 44.3 Å². The Morgan fingerprint density at radius 3 is 2.74 bits per heavy atom. The van der Waals surface area contributed by atoms with Crippen molar-refractivity contribution in [2.45, 2.75) is 19.5 Å². The number of nitrogen functional groups attached to an aromatic ring is 1. The lowest BCUT2D eigenvalue weighted by atomic mass is 10.1. The predicted molar refractivity (Wildman–Crippen MR) is 145 cm³/mol. The Labute approximate surface area is 209 Å². The van der Waals surface area contributed by atoms with E-state index < -0.39 is 0 Å². The monoisotopic (exact) mass is 494 g/mol. The van der Waals surface area contributed by atoms with Crippen LogP contribution in [0.5, 0.6) is 0 Å². The van der Waals surface area contributed by atoms with E-state index in [0.717, 1.165) is 37.6 Å². The first-order valence-electron chi connectivity index (χ1n) is 11.8. The number of nitrogens with zero attached hydrogens (tertiary/aromatic N) is 3. The Hall–Kier alpha value is -3.34. The van der Waals surface area contributed by atoms with Crippen LogP contribution < -0.4 is 33.0 Å². The summed E-state index contributed by atoms with van der Waals surface area (Å²) in [7, 11) is 3.55. The van der Waals surface area contributed by atoms with Gasteiger partial charge in [-0.1, -0.05) is 24.3 Å². The maximum absolute atomic E-state index is 12.6. The van der Waals surface area contributed by atoms with Crippen molar-refractivity contribution in [1.29, 1.82) is 0 Å². The van der Waals surface area contributed by atoms with Crippen molar-refractivity contribution in [1.82, 2.24) is 25.3 Å². The molecule has 0 unspecified atom stereocenters. The smallest absolute Gasteiger partial charge is 0.290 e. The Morgan fingerprint density at radius 2 is 2.00 bits per heavy atom. The molecule has 35 heavy (non-hydrogen) atoms. The Balaban J connectivity index is 1.63. The van der Waals surface area contributed by atoms with Gasteiger partial charge >= 0.3 is 0 Å². The van der Waals surface area contributed by atoms with E-state index in [0.29, 0.717) is 17.2 Å². The number of rotatable bonds is 8. The van der Waals surface area contributed by atoms with Gasteiger partial charge in [0, 0.05) is 49.5 Å². The first kappa shape index (κ1) is 24.8. The number of aromatic nitrogens is 2. The van der Waals surface area contributed by atoms with Gasteiger partial charge < -0.3 is 32.3 Å². The summed E-state index contributed by atoms with van der Waals surface area (Å²) >= 11 is 1.73. The van der Waals surface area contributed by atoms with Crippen molar-refractivity contribution in [2.24, 2.45) is 12.8 Å². The maximum atomic E-state index is 12.6. The molecule has 2 aromatic heterocycles. The lowest BCUT2D eigenvalue weighted by Gasteiger charge is -2.29. The van der Waals surface area contributed by atoms with Crippen LogP contribution in [0.25, 0.3) is 16.5 Å². The molecule has 0 aliphatic carbocycles. The molecule has 0 amide bonds. The fraction of sp³-hybridized carbons (Fsp3) is 0.360. The largest absolute Gasteiger partial charge is 0.394 e. The third-order valence-electron chi connectivity index (χ3n) is 6.15. The molecule has 0 spiro atoms. The molecule has 7 N–H and O–H groups in total. The van der Waals surface area contributed by atoms with Gasteiger partial charge in [0.2, 0.25) is 0 Å². The minimum Gasteiger partial charge on any atom is -0.394 e. The van der Waals surface area contributed by atoms with E-state index in [9.17, 15) is 4.79 Å². The standard InChI is InChI=1S/C25H34N8OS/c1-16(20-8-9-21(35-20)18-7-5-4-6-17(18)15-28-2)30-24-19(23(27)25(34)32(3)31-24)14-22(26)33-12-10-29-11-13-33/h4-9,14,16,28-29H,10-13,15,26-27H2,1-3H3,(H,30,31)/b22-14+/t16-/m1/s1. The van der Waals surface area contributed by atoms with Crippen molar-refractivity contribution >= 4 is 28.9 Å². The van der Waals surface area contributed by atoms with Crippen molar-refractivity contribution in [3.63, 3.8) is 0 Å². The molecule has 1 aromatic carbocycles. The summed E-state index contributed by atoms with van der Waals surface area (Å²) < 4.78 is 1.26. The van der Waals surface area contributed by atoms with Gasteiger partial charge in [0.05, 0.1) is 17.4 Å². The number of piperazine rings is 1. The average Bonchev–Trinajstić information content (AvgIpc) is 3.36. The van der Waals surface area contributed by atoms with Crippen LogP contribution in [-0.4, -0.2) is 47.9 Å². The van der Waals surface area contributed by atoms with Gasteiger partial charge in [0.25, 0.3) is 5.56 Å². The fourth-order valence-corrected chi connectivity index (χ4v) is 5.26. The van der Waals surface area contributed by atoms with Crippen LogP contribution in [0, 0.1) is 0 Å².